The van der Waals surface area contributed by atoms with Crippen molar-refractivity contribution in [2.45, 2.75) is 26.4 Å². The molecule has 0 heterocycles. The fourth-order valence-corrected chi connectivity index (χ4v) is 2.50. The highest BCUT2D eigenvalue weighted by Gasteiger charge is 2.15. The van der Waals surface area contributed by atoms with Gasteiger partial charge >= 0.3 is 0 Å². The van der Waals surface area contributed by atoms with E-state index in [9.17, 15) is 4.39 Å². The molecule has 0 fully saturated rings. The van der Waals surface area contributed by atoms with E-state index in [4.69, 9.17) is 0 Å². The molecule has 1 atom stereocenters. The Bertz CT molecular complexity index is 534. The van der Waals surface area contributed by atoms with Gasteiger partial charge in [0, 0.05) is 17.1 Å². The fraction of sp³-hybridized carbons (Fsp3) is 0.294. The summed E-state index contributed by atoms with van der Waals surface area (Å²) in [5.74, 6) is 0.250. The molecular formula is C17H19BrFN. The van der Waals surface area contributed by atoms with Gasteiger partial charge in [0.25, 0.3) is 0 Å². The van der Waals surface area contributed by atoms with E-state index in [1.165, 1.54) is 17.7 Å². The molecule has 2 aromatic carbocycles. The summed E-state index contributed by atoms with van der Waals surface area (Å²) in [6.07, 6.45) is 0. The van der Waals surface area contributed by atoms with Gasteiger partial charge in [-0.3, -0.25) is 0 Å². The molecule has 20 heavy (non-hydrogen) atoms. The third-order valence-electron chi connectivity index (χ3n) is 3.34. The summed E-state index contributed by atoms with van der Waals surface area (Å²) in [6.45, 7) is 5.14. The van der Waals surface area contributed by atoms with E-state index in [1.807, 2.05) is 24.3 Å². The molecule has 0 bridgehead atoms. The fourth-order valence-electron chi connectivity index (χ4n) is 2.24. The first kappa shape index (κ1) is 15.2. The molecule has 0 spiro atoms. The van der Waals surface area contributed by atoms with E-state index >= 15 is 0 Å². The van der Waals surface area contributed by atoms with Gasteiger partial charge < -0.3 is 5.32 Å². The van der Waals surface area contributed by atoms with E-state index < -0.39 is 0 Å². The van der Waals surface area contributed by atoms with Gasteiger partial charge in [-0.25, -0.2) is 4.39 Å². The molecule has 0 saturated carbocycles. The number of halogens is 2. The van der Waals surface area contributed by atoms with E-state index in [0.717, 1.165) is 16.6 Å². The van der Waals surface area contributed by atoms with Gasteiger partial charge in [-0.05, 0) is 41.3 Å². The Labute approximate surface area is 128 Å². The van der Waals surface area contributed by atoms with Crippen LogP contribution in [0.3, 0.4) is 0 Å². The third kappa shape index (κ3) is 4.15. The van der Waals surface area contributed by atoms with Crippen LogP contribution in [0.25, 0.3) is 0 Å². The van der Waals surface area contributed by atoms with Crippen LogP contribution in [-0.2, 0) is 6.54 Å². The van der Waals surface area contributed by atoms with Crippen LogP contribution in [0.2, 0.25) is 0 Å². The van der Waals surface area contributed by atoms with Crippen molar-refractivity contribution in [3.63, 3.8) is 0 Å². The van der Waals surface area contributed by atoms with E-state index in [0.29, 0.717) is 5.92 Å². The molecule has 1 nitrogen and oxygen atoms in total. The molecule has 0 amide bonds. The summed E-state index contributed by atoms with van der Waals surface area (Å²) in [4.78, 5) is 0. The molecule has 0 aliphatic carbocycles. The largest absolute Gasteiger partial charge is 0.306 e. The van der Waals surface area contributed by atoms with Crippen molar-refractivity contribution in [1.29, 1.82) is 0 Å². The van der Waals surface area contributed by atoms with Crippen LogP contribution < -0.4 is 5.32 Å². The minimum absolute atomic E-state index is 0.191. The maximum atomic E-state index is 13.0. The second-order valence-electron chi connectivity index (χ2n) is 5.28. The molecule has 0 aliphatic rings. The lowest BCUT2D eigenvalue weighted by Crippen LogP contribution is -2.25. The van der Waals surface area contributed by atoms with Crippen LogP contribution in [0, 0.1) is 11.7 Å². The van der Waals surface area contributed by atoms with E-state index in [1.54, 1.807) is 0 Å². The third-order valence-corrected chi connectivity index (χ3v) is 3.86. The van der Waals surface area contributed by atoms with Crippen molar-refractivity contribution in [3.8, 4) is 0 Å². The first-order valence-corrected chi connectivity index (χ1v) is 7.59. The van der Waals surface area contributed by atoms with Crippen LogP contribution in [-0.4, -0.2) is 0 Å². The number of hydrogen-bond acceptors (Lipinski definition) is 1. The van der Waals surface area contributed by atoms with Gasteiger partial charge in [0.15, 0.2) is 0 Å². The zero-order chi connectivity index (χ0) is 14.5. The SMILES string of the molecule is CC(C)C(NCc1ccc(Br)cc1)c1ccc(F)cc1. The lowest BCUT2D eigenvalue weighted by atomic mass is 9.96. The maximum Gasteiger partial charge on any atom is 0.123 e. The van der Waals surface area contributed by atoms with Crippen molar-refractivity contribution in [1.82, 2.24) is 5.32 Å². The minimum atomic E-state index is -0.191. The predicted molar refractivity (Wildman–Crippen MR) is 85.0 cm³/mol. The molecule has 3 heteroatoms. The van der Waals surface area contributed by atoms with Crippen LogP contribution in [0.15, 0.2) is 53.0 Å². The number of rotatable bonds is 5. The average Bonchev–Trinajstić information content (AvgIpc) is 2.43. The zero-order valence-electron chi connectivity index (χ0n) is 11.7. The van der Waals surface area contributed by atoms with Crippen molar-refractivity contribution < 1.29 is 4.39 Å². The lowest BCUT2D eigenvalue weighted by Gasteiger charge is -2.23. The Morgan fingerprint density at radius 3 is 2.15 bits per heavy atom. The van der Waals surface area contributed by atoms with Crippen molar-refractivity contribution in [2.24, 2.45) is 5.92 Å². The smallest absolute Gasteiger partial charge is 0.123 e. The minimum Gasteiger partial charge on any atom is -0.306 e. The summed E-state index contributed by atoms with van der Waals surface area (Å²) in [6, 6.07) is 15.2. The molecule has 0 aliphatic heterocycles. The highest BCUT2D eigenvalue weighted by atomic mass is 79.9. The normalized spacial score (nSPS) is 12.7. The number of hydrogen-bond donors (Lipinski definition) is 1. The van der Waals surface area contributed by atoms with Gasteiger partial charge in [-0.1, -0.05) is 54.0 Å². The van der Waals surface area contributed by atoms with Crippen LogP contribution in [0.4, 0.5) is 4.39 Å². The van der Waals surface area contributed by atoms with E-state index in [-0.39, 0.29) is 11.9 Å². The topological polar surface area (TPSA) is 12.0 Å². The van der Waals surface area contributed by atoms with Gasteiger partial charge in [-0.15, -0.1) is 0 Å². The summed E-state index contributed by atoms with van der Waals surface area (Å²) in [5.41, 5.74) is 2.36. The molecule has 0 radical (unpaired) electrons. The highest BCUT2D eigenvalue weighted by molar-refractivity contribution is 9.10. The highest BCUT2D eigenvalue weighted by Crippen LogP contribution is 2.22. The molecule has 2 aromatic rings. The zero-order valence-corrected chi connectivity index (χ0v) is 13.3. The second-order valence-corrected chi connectivity index (χ2v) is 6.20. The van der Waals surface area contributed by atoms with Gasteiger partial charge in [0.1, 0.15) is 5.82 Å². The van der Waals surface area contributed by atoms with Gasteiger partial charge in [0.2, 0.25) is 0 Å². The molecule has 1 N–H and O–H groups in total. The second kappa shape index (κ2) is 7.00. The molecule has 1 unspecified atom stereocenters. The summed E-state index contributed by atoms with van der Waals surface area (Å²) < 4.78 is 14.1. The average molecular weight is 336 g/mol. The van der Waals surface area contributed by atoms with Crippen molar-refractivity contribution in [2.75, 3.05) is 0 Å². The van der Waals surface area contributed by atoms with E-state index in [2.05, 4.69) is 47.2 Å². The quantitative estimate of drug-likeness (QED) is 0.803. The molecule has 106 valence electrons. The maximum absolute atomic E-state index is 13.0. The summed E-state index contributed by atoms with van der Waals surface area (Å²) in [7, 11) is 0. The summed E-state index contributed by atoms with van der Waals surface area (Å²) >= 11 is 3.44. The Hall–Kier alpha value is -1.19. The summed E-state index contributed by atoms with van der Waals surface area (Å²) in [5, 5.41) is 3.55. The Morgan fingerprint density at radius 2 is 1.60 bits per heavy atom. The predicted octanol–water partition coefficient (Wildman–Crippen LogP) is 5.08. The molecule has 0 aromatic heterocycles. The number of nitrogens with one attached hydrogen (secondary N) is 1. The first-order chi connectivity index (χ1) is 9.56. The Balaban J connectivity index is 2.06. The van der Waals surface area contributed by atoms with Crippen molar-refractivity contribution >= 4 is 15.9 Å². The Morgan fingerprint density at radius 1 is 1.00 bits per heavy atom. The van der Waals surface area contributed by atoms with Crippen LogP contribution in [0.5, 0.6) is 0 Å². The van der Waals surface area contributed by atoms with Crippen molar-refractivity contribution in [3.05, 3.63) is 69.9 Å². The van der Waals surface area contributed by atoms with Crippen LogP contribution in [0.1, 0.15) is 31.0 Å². The standard InChI is InChI=1S/C17H19BrFN/c1-12(2)17(14-5-9-16(19)10-6-14)20-11-13-3-7-15(18)8-4-13/h3-10,12,17,20H,11H2,1-2H3. The van der Waals surface area contributed by atoms with Gasteiger partial charge in [-0.2, -0.15) is 0 Å². The lowest BCUT2D eigenvalue weighted by molar-refractivity contribution is 0.410. The Kier molecular flexibility index (Phi) is 5.32. The molecule has 0 saturated heterocycles. The molecular weight excluding hydrogens is 317 g/mol. The molecule has 2 rings (SSSR count). The number of benzene rings is 2. The van der Waals surface area contributed by atoms with Crippen LogP contribution >= 0.6 is 15.9 Å². The monoisotopic (exact) mass is 335 g/mol. The first-order valence-electron chi connectivity index (χ1n) is 6.79. The van der Waals surface area contributed by atoms with Gasteiger partial charge in [0.05, 0.1) is 0 Å².